The number of nitrogens with one attached hydrogen (secondary N) is 3. The maximum atomic E-state index is 12.8. The monoisotopic (exact) mass is 417 g/mol. The molecule has 0 aliphatic heterocycles. The molecule has 3 amide bonds. The molecule has 160 valence electrons. The fourth-order valence-corrected chi connectivity index (χ4v) is 3.36. The Kier molecular flexibility index (Phi) is 7.03. The van der Waals surface area contributed by atoms with Crippen molar-refractivity contribution in [2.24, 2.45) is 5.92 Å². The quantitative estimate of drug-likeness (QED) is 0.550. The van der Waals surface area contributed by atoms with Crippen LogP contribution >= 0.6 is 0 Å². The molecule has 6 nitrogen and oxygen atoms in total. The molecule has 0 aliphatic carbocycles. The number of benzene rings is 3. The van der Waals surface area contributed by atoms with E-state index in [2.05, 4.69) is 16.0 Å². The van der Waals surface area contributed by atoms with E-state index in [1.54, 1.807) is 31.3 Å². The molecule has 0 aliphatic rings. The maximum absolute atomic E-state index is 12.8. The lowest BCUT2D eigenvalue weighted by Crippen LogP contribution is -2.47. The number of hydrogen-bond donors (Lipinski definition) is 3. The lowest BCUT2D eigenvalue weighted by Gasteiger charge is -2.22. The lowest BCUT2D eigenvalue weighted by molar-refractivity contribution is -0.127. The number of carbonyl (C=O) groups is 3. The van der Waals surface area contributed by atoms with E-state index in [1.165, 1.54) is 0 Å². The SMILES string of the molecule is CNC(=O)c1ccc(NC(=O)C(NC(=O)Cc2ccc3ccccc3c2)C(C)C)cc1. The van der Waals surface area contributed by atoms with Gasteiger partial charge >= 0.3 is 0 Å². The molecule has 31 heavy (non-hydrogen) atoms. The molecule has 1 atom stereocenters. The minimum atomic E-state index is -0.674. The molecule has 0 spiro atoms. The summed E-state index contributed by atoms with van der Waals surface area (Å²) < 4.78 is 0. The molecule has 0 radical (unpaired) electrons. The molecule has 0 saturated carbocycles. The van der Waals surface area contributed by atoms with E-state index in [9.17, 15) is 14.4 Å². The predicted octanol–water partition coefficient (Wildman–Crippen LogP) is 3.52. The van der Waals surface area contributed by atoms with Gasteiger partial charge in [0.1, 0.15) is 6.04 Å². The molecular formula is C25H27N3O3. The zero-order chi connectivity index (χ0) is 22.4. The van der Waals surface area contributed by atoms with Gasteiger partial charge < -0.3 is 16.0 Å². The molecule has 3 aromatic rings. The Morgan fingerprint density at radius 3 is 2.19 bits per heavy atom. The van der Waals surface area contributed by atoms with Crippen LogP contribution in [0.2, 0.25) is 0 Å². The van der Waals surface area contributed by atoms with Crippen molar-refractivity contribution in [2.75, 3.05) is 12.4 Å². The summed E-state index contributed by atoms with van der Waals surface area (Å²) >= 11 is 0. The number of amides is 3. The molecule has 3 aromatic carbocycles. The van der Waals surface area contributed by atoms with Crippen LogP contribution in [0, 0.1) is 5.92 Å². The van der Waals surface area contributed by atoms with Crippen molar-refractivity contribution in [3.8, 4) is 0 Å². The molecule has 3 N–H and O–H groups in total. The third kappa shape index (κ3) is 5.69. The van der Waals surface area contributed by atoms with Crippen molar-refractivity contribution in [1.29, 1.82) is 0 Å². The summed E-state index contributed by atoms with van der Waals surface area (Å²) in [7, 11) is 1.56. The van der Waals surface area contributed by atoms with Crippen molar-refractivity contribution in [2.45, 2.75) is 26.3 Å². The van der Waals surface area contributed by atoms with E-state index in [1.807, 2.05) is 56.3 Å². The third-order valence-corrected chi connectivity index (χ3v) is 5.09. The van der Waals surface area contributed by atoms with Gasteiger partial charge in [0.15, 0.2) is 0 Å². The number of hydrogen-bond acceptors (Lipinski definition) is 3. The van der Waals surface area contributed by atoms with Crippen LogP contribution in [0.4, 0.5) is 5.69 Å². The van der Waals surface area contributed by atoms with Gasteiger partial charge in [0.2, 0.25) is 11.8 Å². The fourth-order valence-electron chi connectivity index (χ4n) is 3.36. The summed E-state index contributed by atoms with van der Waals surface area (Å²) in [5.41, 5.74) is 1.96. The first kappa shape index (κ1) is 22.0. The van der Waals surface area contributed by atoms with Gasteiger partial charge in [-0.2, -0.15) is 0 Å². The number of anilines is 1. The van der Waals surface area contributed by atoms with Crippen LogP contribution in [0.3, 0.4) is 0 Å². The van der Waals surface area contributed by atoms with Crippen LogP contribution < -0.4 is 16.0 Å². The van der Waals surface area contributed by atoms with Crippen LogP contribution in [-0.4, -0.2) is 30.8 Å². The second kappa shape index (κ2) is 9.89. The highest BCUT2D eigenvalue weighted by atomic mass is 16.2. The zero-order valence-corrected chi connectivity index (χ0v) is 17.9. The van der Waals surface area contributed by atoms with Crippen molar-refractivity contribution >= 4 is 34.2 Å². The highest BCUT2D eigenvalue weighted by Gasteiger charge is 2.24. The lowest BCUT2D eigenvalue weighted by atomic mass is 10.0. The topological polar surface area (TPSA) is 87.3 Å². The van der Waals surface area contributed by atoms with Gasteiger partial charge in [0.25, 0.3) is 5.91 Å². The van der Waals surface area contributed by atoms with Gasteiger partial charge in [-0.15, -0.1) is 0 Å². The Hall–Kier alpha value is -3.67. The van der Waals surface area contributed by atoms with Crippen LogP contribution in [-0.2, 0) is 16.0 Å². The normalized spacial score (nSPS) is 11.7. The summed E-state index contributed by atoms with van der Waals surface area (Å²) in [4.78, 5) is 37.1. The number of fused-ring (bicyclic) bond motifs is 1. The Morgan fingerprint density at radius 1 is 0.871 bits per heavy atom. The molecule has 3 rings (SSSR count). The van der Waals surface area contributed by atoms with Crippen molar-refractivity contribution in [1.82, 2.24) is 10.6 Å². The molecular weight excluding hydrogens is 390 g/mol. The Balaban J connectivity index is 1.64. The first-order valence-corrected chi connectivity index (χ1v) is 10.3. The summed E-state index contributed by atoms with van der Waals surface area (Å²) in [5.74, 6) is -0.793. The second-order valence-corrected chi connectivity index (χ2v) is 7.79. The smallest absolute Gasteiger partial charge is 0.251 e. The van der Waals surface area contributed by atoms with Gasteiger partial charge in [0, 0.05) is 18.3 Å². The summed E-state index contributed by atoms with van der Waals surface area (Å²) in [6, 6.07) is 19.8. The Morgan fingerprint density at radius 2 is 1.55 bits per heavy atom. The fraction of sp³-hybridized carbons (Fsp3) is 0.240. The maximum Gasteiger partial charge on any atom is 0.251 e. The molecule has 0 heterocycles. The molecule has 1 unspecified atom stereocenters. The van der Waals surface area contributed by atoms with Gasteiger partial charge in [0.05, 0.1) is 6.42 Å². The van der Waals surface area contributed by atoms with E-state index in [0.717, 1.165) is 16.3 Å². The number of carbonyl (C=O) groups excluding carboxylic acids is 3. The van der Waals surface area contributed by atoms with E-state index >= 15 is 0 Å². The summed E-state index contributed by atoms with van der Waals surface area (Å²) in [6.45, 7) is 3.77. The average Bonchev–Trinajstić information content (AvgIpc) is 2.77. The van der Waals surface area contributed by atoms with Gasteiger partial charge in [-0.05, 0) is 46.5 Å². The highest BCUT2D eigenvalue weighted by Crippen LogP contribution is 2.16. The predicted molar refractivity (Wildman–Crippen MR) is 123 cm³/mol. The first-order valence-electron chi connectivity index (χ1n) is 10.3. The van der Waals surface area contributed by atoms with E-state index in [4.69, 9.17) is 0 Å². The van der Waals surface area contributed by atoms with Crippen LogP contribution in [0.5, 0.6) is 0 Å². The summed E-state index contributed by atoms with van der Waals surface area (Å²) in [5, 5.41) is 10.4. The van der Waals surface area contributed by atoms with Crippen LogP contribution in [0.15, 0.2) is 66.7 Å². The second-order valence-electron chi connectivity index (χ2n) is 7.79. The zero-order valence-electron chi connectivity index (χ0n) is 17.9. The van der Waals surface area contributed by atoms with Crippen molar-refractivity contribution < 1.29 is 14.4 Å². The largest absolute Gasteiger partial charge is 0.355 e. The average molecular weight is 418 g/mol. The molecule has 0 bridgehead atoms. The molecule has 0 fully saturated rings. The first-order chi connectivity index (χ1) is 14.9. The van der Waals surface area contributed by atoms with E-state index < -0.39 is 6.04 Å². The van der Waals surface area contributed by atoms with Gasteiger partial charge in [-0.1, -0.05) is 56.3 Å². The van der Waals surface area contributed by atoms with Gasteiger partial charge in [-0.3, -0.25) is 14.4 Å². The minimum absolute atomic E-state index is 0.0919. The highest BCUT2D eigenvalue weighted by molar-refractivity contribution is 5.99. The minimum Gasteiger partial charge on any atom is -0.355 e. The summed E-state index contributed by atoms with van der Waals surface area (Å²) in [6.07, 6.45) is 0.197. The standard InChI is InChI=1S/C25H27N3O3/c1-16(2)23(25(31)27-21-12-10-19(11-13-21)24(30)26-3)28-22(29)15-17-8-9-18-6-4-5-7-20(18)14-17/h4-14,16,23H,15H2,1-3H3,(H,26,30)(H,27,31)(H,28,29). The van der Waals surface area contributed by atoms with E-state index in [-0.39, 0.29) is 30.1 Å². The Bertz CT molecular complexity index is 1090. The molecule has 0 saturated heterocycles. The van der Waals surface area contributed by atoms with Gasteiger partial charge in [-0.25, -0.2) is 0 Å². The van der Waals surface area contributed by atoms with Crippen molar-refractivity contribution in [3.05, 3.63) is 77.9 Å². The van der Waals surface area contributed by atoms with E-state index in [0.29, 0.717) is 11.3 Å². The van der Waals surface area contributed by atoms with Crippen LogP contribution in [0.1, 0.15) is 29.8 Å². The van der Waals surface area contributed by atoms with Crippen LogP contribution in [0.25, 0.3) is 10.8 Å². The molecule has 0 aromatic heterocycles. The number of rotatable bonds is 7. The molecule has 6 heteroatoms. The third-order valence-electron chi connectivity index (χ3n) is 5.09. The van der Waals surface area contributed by atoms with Crippen molar-refractivity contribution in [3.63, 3.8) is 0 Å². The Labute approximate surface area is 182 Å².